The van der Waals surface area contributed by atoms with Gasteiger partial charge >= 0.3 is 0 Å². The van der Waals surface area contributed by atoms with E-state index in [0.717, 1.165) is 28.7 Å². The number of hydrogen-bond acceptors (Lipinski definition) is 3. The molecule has 0 atom stereocenters. The van der Waals surface area contributed by atoms with Crippen molar-refractivity contribution in [3.8, 4) is 0 Å². The standard InChI is InChI=1S/C19H18ClN3O/c20-23-11-21-18-10-24-9-16(18)19(23)22-17-8-7-13(12-5-6-12)14-3-1-2-4-15(14)17/h1-4,7-8,12,21H,5-6,9-11H2. The molecule has 1 fully saturated rings. The van der Waals surface area contributed by atoms with Crippen molar-refractivity contribution < 1.29 is 4.74 Å². The van der Waals surface area contributed by atoms with Crippen LogP contribution in [0, 0.1) is 0 Å². The van der Waals surface area contributed by atoms with Gasteiger partial charge in [0.25, 0.3) is 0 Å². The SMILES string of the molecule is ClN1CNC2=C(COC2)C1=Nc1ccc(C2CC2)c2ccccc12. The minimum atomic E-state index is 0.542. The first-order chi connectivity index (χ1) is 11.8. The monoisotopic (exact) mass is 339 g/mol. The Morgan fingerprint density at radius 2 is 1.92 bits per heavy atom. The van der Waals surface area contributed by atoms with Crippen molar-refractivity contribution in [3.63, 3.8) is 0 Å². The molecule has 2 heterocycles. The maximum atomic E-state index is 6.39. The summed E-state index contributed by atoms with van der Waals surface area (Å²) >= 11 is 6.39. The first-order valence-corrected chi connectivity index (χ1v) is 8.73. The maximum absolute atomic E-state index is 6.39. The Balaban J connectivity index is 1.67. The number of aliphatic imine (C=N–C) groups is 1. The van der Waals surface area contributed by atoms with Crippen LogP contribution in [0.1, 0.15) is 24.3 Å². The molecule has 1 saturated carbocycles. The third-order valence-electron chi connectivity index (χ3n) is 4.97. The first-order valence-electron chi connectivity index (χ1n) is 8.39. The molecular formula is C19H18ClN3O. The molecule has 1 N–H and O–H groups in total. The molecular weight excluding hydrogens is 322 g/mol. The van der Waals surface area contributed by atoms with Crippen LogP contribution in [0.25, 0.3) is 10.8 Å². The Bertz CT molecular complexity index is 885. The fourth-order valence-corrected chi connectivity index (χ4v) is 3.76. The number of amidine groups is 1. The smallest absolute Gasteiger partial charge is 0.152 e. The van der Waals surface area contributed by atoms with E-state index in [4.69, 9.17) is 21.5 Å². The number of halogens is 1. The number of ether oxygens (including phenoxy) is 1. The van der Waals surface area contributed by atoms with E-state index < -0.39 is 0 Å². The second-order valence-corrected chi connectivity index (χ2v) is 6.98. The van der Waals surface area contributed by atoms with Crippen LogP contribution in [0.15, 0.2) is 52.7 Å². The Kier molecular flexibility index (Phi) is 3.28. The van der Waals surface area contributed by atoms with Crippen LogP contribution in [-0.4, -0.2) is 30.1 Å². The molecule has 24 heavy (non-hydrogen) atoms. The summed E-state index contributed by atoms with van der Waals surface area (Å²) in [4.78, 5) is 4.92. The van der Waals surface area contributed by atoms with Gasteiger partial charge in [-0.3, -0.25) is 0 Å². The van der Waals surface area contributed by atoms with E-state index >= 15 is 0 Å². The lowest BCUT2D eigenvalue weighted by Crippen LogP contribution is -2.39. The van der Waals surface area contributed by atoms with Gasteiger partial charge in [-0.25, -0.2) is 9.41 Å². The highest BCUT2D eigenvalue weighted by atomic mass is 35.5. The quantitative estimate of drug-likeness (QED) is 0.839. The summed E-state index contributed by atoms with van der Waals surface area (Å²) in [7, 11) is 0. The van der Waals surface area contributed by atoms with Crippen molar-refractivity contribution in [2.24, 2.45) is 4.99 Å². The summed E-state index contributed by atoms with van der Waals surface area (Å²) in [5.41, 5.74) is 4.58. The van der Waals surface area contributed by atoms with E-state index in [1.165, 1.54) is 29.2 Å². The molecule has 0 spiro atoms. The molecule has 2 aromatic carbocycles. The van der Waals surface area contributed by atoms with Gasteiger partial charge in [0.1, 0.15) is 6.67 Å². The third-order valence-corrected chi connectivity index (χ3v) is 5.25. The minimum absolute atomic E-state index is 0.542. The van der Waals surface area contributed by atoms with E-state index in [1.807, 2.05) is 0 Å². The van der Waals surface area contributed by atoms with Crippen LogP contribution in [0.3, 0.4) is 0 Å². The van der Waals surface area contributed by atoms with Crippen molar-refractivity contribution >= 4 is 34.1 Å². The van der Waals surface area contributed by atoms with Gasteiger partial charge < -0.3 is 10.1 Å². The molecule has 2 aliphatic heterocycles. The number of nitrogens with one attached hydrogen (secondary N) is 1. The average molecular weight is 340 g/mol. The number of nitrogens with zero attached hydrogens (tertiary/aromatic N) is 2. The molecule has 3 aliphatic rings. The highest BCUT2D eigenvalue weighted by Crippen LogP contribution is 2.44. The Morgan fingerprint density at radius 1 is 1.08 bits per heavy atom. The van der Waals surface area contributed by atoms with E-state index in [9.17, 15) is 0 Å². The summed E-state index contributed by atoms with van der Waals surface area (Å²) in [6.45, 7) is 1.71. The van der Waals surface area contributed by atoms with Crippen LogP contribution in [0.2, 0.25) is 0 Å². The summed E-state index contributed by atoms with van der Waals surface area (Å²) in [6, 6.07) is 12.9. The molecule has 4 nitrogen and oxygen atoms in total. The minimum Gasteiger partial charge on any atom is -0.370 e. The van der Waals surface area contributed by atoms with Crippen LogP contribution in [-0.2, 0) is 4.74 Å². The van der Waals surface area contributed by atoms with E-state index in [1.54, 1.807) is 4.42 Å². The van der Waals surface area contributed by atoms with E-state index in [0.29, 0.717) is 19.9 Å². The fraction of sp³-hybridized carbons (Fsp3) is 0.316. The van der Waals surface area contributed by atoms with Crippen molar-refractivity contribution in [2.75, 3.05) is 19.9 Å². The van der Waals surface area contributed by atoms with Crippen LogP contribution < -0.4 is 5.32 Å². The molecule has 0 radical (unpaired) electrons. The van der Waals surface area contributed by atoms with Gasteiger partial charge in [-0.1, -0.05) is 30.3 Å². The highest BCUT2D eigenvalue weighted by Gasteiger charge is 2.29. The lowest BCUT2D eigenvalue weighted by atomic mass is 10.00. The molecule has 1 aliphatic carbocycles. The van der Waals surface area contributed by atoms with Gasteiger partial charge in [0.05, 0.1) is 18.9 Å². The summed E-state index contributed by atoms with van der Waals surface area (Å²) in [6.07, 6.45) is 2.60. The Hall–Kier alpha value is -2.04. The number of benzene rings is 2. The second-order valence-electron chi connectivity index (χ2n) is 6.58. The zero-order valence-electron chi connectivity index (χ0n) is 13.3. The van der Waals surface area contributed by atoms with Gasteiger partial charge in [0.15, 0.2) is 5.84 Å². The van der Waals surface area contributed by atoms with Crippen LogP contribution in [0.5, 0.6) is 0 Å². The third kappa shape index (κ3) is 2.29. The second kappa shape index (κ2) is 5.50. The summed E-state index contributed by atoms with van der Waals surface area (Å²) < 4.78 is 7.19. The van der Waals surface area contributed by atoms with Crippen molar-refractivity contribution in [1.29, 1.82) is 0 Å². The predicted molar refractivity (Wildman–Crippen MR) is 96.6 cm³/mol. The lowest BCUT2D eigenvalue weighted by molar-refractivity contribution is 0.204. The zero-order chi connectivity index (χ0) is 16.1. The Morgan fingerprint density at radius 3 is 2.75 bits per heavy atom. The van der Waals surface area contributed by atoms with Crippen molar-refractivity contribution in [1.82, 2.24) is 9.74 Å². The van der Waals surface area contributed by atoms with Crippen molar-refractivity contribution in [3.05, 3.63) is 53.2 Å². The fourth-order valence-electron chi connectivity index (χ4n) is 3.56. The highest BCUT2D eigenvalue weighted by molar-refractivity contribution is 6.26. The largest absolute Gasteiger partial charge is 0.370 e. The van der Waals surface area contributed by atoms with Crippen LogP contribution in [0.4, 0.5) is 5.69 Å². The summed E-state index contributed by atoms with van der Waals surface area (Å²) in [5.74, 6) is 1.52. The van der Waals surface area contributed by atoms with Gasteiger partial charge in [-0.05, 0) is 35.8 Å². The molecule has 0 amide bonds. The van der Waals surface area contributed by atoms with E-state index in [-0.39, 0.29) is 0 Å². The van der Waals surface area contributed by atoms with Gasteiger partial charge in [0, 0.05) is 28.4 Å². The molecule has 5 heteroatoms. The van der Waals surface area contributed by atoms with E-state index in [2.05, 4.69) is 41.7 Å². The van der Waals surface area contributed by atoms with Crippen molar-refractivity contribution in [2.45, 2.75) is 18.8 Å². The zero-order valence-corrected chi connectivity index (χ0v) is 14.0. The predicted octanol–water partition coefficient (Wildman–Crippen LogP) is 4.05. The molecule has 5 rings (SSSR count). The summed E-state index contributed by atoms with van der Waals surface area (Å²) in [5, 5.41) is 5.79. The number of rotatable bonds is 2. The number of fused-ring (bicyclic) bond motifs is 1. The normalized spacial score (nSPS) is 22.2. The molecule has 0 saturated heterocycles. The van der Waals surface area contributed by atoms with Gasteiger partial charge in [-0.2, -0.15) is 0 Å². The first kappa shape index (κ1) is 14.3. The van der Waals surface area contributed by atoms with Gasteiger partial charge in [0.2, 0.25) is 0 Å². The number of hydrogen-bond donors (Lipinski definition) is 1. The average Bonchev–Trinajstić information content (AvgIpc) is 3.34. The maximum Gasteiger partial charge on any atom is 0.152 e. The molecule has 122 valence electrons. The Labute approximate surface area is 145 Å². The van der Waals surface area contributed by atoms with Crippen LogP contribution >= 0.6 is 11.8 Å². The molecule has 0 bridgehead atoms. The van der Waals surface area contributed by atoms with Gasteiger partial charge in [-0.15, -0.1) is 0 Å². The topological polar surface area (TPSA) is 36.9 Å². The molecule has 0 unspecified atom stereocenters. The molecule has 0 aromatic heterocycles. The lowest BCUT2D eigenvalue weighted by Gasteiger charge is -2.26. The molecule has 2 aromatic rings.